The normalized spacial score (nSPS) is 21.8. The minimum absolute atomic E-state index is 0.359. The van der Waals surface area contributed by atoms with Gasteiger partial charge < -0.3 is 10.0 Å². The van der Waals surface area contributed by atoms with Crippen molar-refractivity contribution in [3.8, 4) is 6.07 Å². The maximum Gasteiger partial charge on any atom is 0.329 e. The molecule has 1 aromatic carbocycles. The van der Waals surface area contributed by atoms with Crippen LogP contribution in [0.5, 0.6) is 0 Å². The monoisotopic (exact) mass is 292 g/mol. The van der Waals surface area contributed by atoms with Crippen LogP contribution in [0, 0.1) is 11.3 Å². The minimum Gasteiger partial charge on any atom is -0.479 e. The molecule has 20 heavy (non-hydrogen) atoms. The van der Waals surface area contributed by atoms with Gasteiger partial charge in [-0.25, -0.2) is 4.79 Å². The number of nitriles is 1. The van der Waals surface area contributed by atoms with Crippen molar-refractivity contribution < 1.29 is 9.90 Å². The summed E-state index contributed by atoms with van der Waals surface area (Å²) in [5.74, 6) is -0.819. The quantitative estimate of drug-likeness (QED) is 0.923. The molecule has 1 heterocycles. The molecule has 0 radical (unpaired) electrons. The van der Waals surface area contributed by atoms with Crippen molar-refractivity contribution in [1.82, 2.24) is 0 Å². The van der Waals surface area contributed by atoms with E-state index in [9.17, 15) is 15.2 Å². The number of rotatable bonds is 4. The summed E-state index contributed by atoms with van der Waals surface area (Å²) in [5.41, 5.74) is 0.0801. The molecule has 1 N–H and O–H groups in total. The van der Waals surface area contributed by atoms with Gasteiger partial charge in [-0.1, -0.05) is 31.0 Å². The van der Waals surface area contributed by atoms with E-state index >= 15 is 0 Å². The van der Waals surface area contributed by atoms with Crippen molar-refractivity contribution in [3.63, 3.8) is 0 Å². The summed E-state index contributed by atoms with van der Waals surface area (Å²) in [5, 5.41) is 19.4. The fourth-order valence-electron chi connectivity index (χ4n) is 3.08. The molecule has 1 aliphatic heterocycles. The Morgan fingerprint density at radius 1 is 1.60 bits per heavy atom. The summed E-state index contributed by atoms with van der Waals surface area (Å²) in [7, 11) is 0. The van der Waals surface area contributed by atoms with Gasteiger partial charge in [-0.2, -0.15) is 5.26 Å². The van der Waals surface area contributed by atoms with E-state index in [0.717, 1.165) is 12.8 Å². The van der Waals surface area contributed by atoms with Gasteiger partial charge in [0.1, 0.15) is 11.6 Å². The van der Waals surface area contributed by atoms with E-state index < -0.39 is 11.5 Å². The van der Waals surface area contributed by atoms with E-state index in [1.165, 1.54) is 0 Å². The molecular formula is C15H17ClN2O2. The number of carboxylic acids is 1. The second-order valence-electron chi connectivity index (χ2n) is 5.09. The van der Waals surface area contributed by atoms with Crippen LogP contribution in [0.25, 0.3) is 0 Å². The Labute approximate surface area is 123 Å². The van der Waals surface area contributed by atoms with E-state index in [2.05, 4.69) is 6.07 Å². The van der Waals surface area contributed by atoms with Crippen LogP contribution in [0.15, 0.2) is 18.2 Å². The lowest BCUT2D eigenvalue weighted by molar-refractivity contribution is -0.143. The number of carbonyl (C=O) groups is 1. The van der Waals surface area contributed by atoms with Crippen LogP contribution in [0.3, 0.4) is 0 Å². The standard InChI is InChI=1S/C15H17ClN2O2/c1-2-7-15(14(19)20)8-4-9-18(15)13-6-3-5-12(16)11(13)10-17/h3,5-6H,2,4,7-9H2,1H3,(H,19,20). The lowest BCUT2D eigenvalue weighted by Gasteiger charge is -2.37. The van der Waals surface area contributed by atoms with Crippen LogP contribution in [0.4, 0.5) is 5.69 Å². The maximum atomic E-state index is 11.8. The summed E-state index contributed by atoms with van der Waals surface area (Å²) in [4.78, 5) is 13.7. The highest BCUT2D eigenvalue weighted by Gasteiger charge is 2.47. The Kier molecular flexibility index (Phi) is 4.20. The minimum atomic E-state index is -0.912. The van der Waals surface area contributed by atoms with Gasteiger partial charge in [-0.3, -0.25) is 0 Å². The van der Waals surface area contributed by atoms with Gasteiger partial charge in [0.25, 0.3) is 0 Å². The number of nitrogens with zero attached hydrogens (tertiary/aromatic N) is 2. The van der Waals surface area contributed by atoms with Crippen molar-refractivity contribution in [1.29, 1.82) is 5.26 Å². The maximum absolute atomic E-state index is 11.8. The highest BCUT2D eigenvalue weighted by Crippen LogP contribution is 2.40. The molecule has 0 saturated carbocycles. The number of hydrogen-bond donors (Lipinski definition) is 1. The van der Waals surface area contributed by atoms with Crippen molar-refractivity contribution in [2.45, 2.75) is 38.1 Å². The van der Waals surface area contributed by atoms with E-state index in [1.54, 1.807) is 18.2 Å². The molecular weight excluding hydrogens is 276 g/mol. The average Bonchev–Trinajstić information content (AvgIpc) is 2.83. The molecule has 1 saturated heterocycles. The van der Waals surface area contributed by atoms with Gasteiger partial charge in [0.05, 0.1) is 16.3 Å². The molecule has 4 nitrogen and oxygen atoms in total. The molecule has 1 unspecified atom stereocenters. The van der Waals surface area contributed by atoms with Gasteiger partial charge in [-0.15, -0.1) is 0 Å². The zero-order valence-electron chi connectivity index (χ0n) is 11.4. The van der Waals surface area contributed by atoms with Gasteiger partial charge in [0, 0.05) is 6.54 Å². The Balaban J connectivity index is 2.54. The van der Waals surface area contributed by atoms with Crippen molar-refractivity contribution in [2.75, 3.05) is 11.4 Å². The number of halogens is 1. The predicted molar refractivity (Wildman–Crippen MR) is 78.0 cm³/mol. The number of anilines is 1. The Hall–Kier alpha value is -1.73. The summed E-state index contributed by atoms with van der Waals surface area (Å²) in [6.45, 7) is 2.62. The highest BCUT2D eigenvalue weighted by molar-refractivity contribution is 6.32. The van der Waals surface area contributed by atoms with Crippen molar-refractivity contribution in [2.24, 2.45) is 0 Å². The summed E-state index contributed by atoms with van der Waals surface area (Å²) < 4.78 is 0. The Bertz CT molecular complexity index is 567. The van der Waals surface area contributed by atoms with Crippen LogP contribution in [0.1, 0.15) is 38.2 Å². The van der Waals surface area contributed by atoms with Gasteiger partial charge >= 0.3 is 5.97 Å². The molecule has 0 spiro atoms. The third-order valence-electron chi connectivity index (χ3n) is 3.94. The summed E-state index contributed by atoms with van der Waals surface area (Å²) in [6, 6.07) is 7.29. The molecule has 0 aliphatic carbocycles. The van der Waals surface area contributed by atoms with E-state index in [4.69, 9.17) is 11.6 Å². The number of hydrogen-bond acceptors (Lipinski definition) is 3. The molecule has 0 amide bonds. The van der Waals surface area contributed by atoms with Crippen LogP contribution in [-0.2, 0) is 4.79 Å². The SMILES string of the molecule is CCCC1(C(=O)O)CCCN1c1cccc(Cl)c1C#N. The summed E-state index contributed by atoms with van der Waals surface area (Å²) >= 11 is 6.06. The van der Waals surface area contributed by atoms with Crippen molar-refractivity contribution >= 4 is 23.3 Å². The van der Waals surface area contributed by atoms with Gasteiger partial charge in [0.15, 0.2) is 0 Å². The average molecular weight is 293 g/mol. The highest BCUT2D eigenvalue weighted by atomic mass is 35.5. The first-order valence-corrected chi connectivity index (χ1v) is 7.14. The summed E-state index contributed by atoms with van der Waals surface area (Å²) in [6.07, 6.45) is 2.77. The third-order valence-corrected chi connectivity index (χ3v) is 4.26. The zero-order valence-corrected chi connectivity index (χ0v) is 12.2. The molecule has 1 aromatic rings. The third kappa shape index (κ3) is 2.23. The van der Waals surface area contributed by atoms with Crippen LogP contribution >= 0.6 is 11.6 Å². The van der Waals surface area contributed by atoms with Crippen LogP contribution < -0.4 is 4.90 Å². The largest absolute Gasteiger partial charge is 0.479 e. The number of aliphatic carboxylic acids is 1. The Morgan fingerprint density at radius 3 is 2.95 bits per heavy atom. The second kappa shape index (κ2) is 5.72. The molecule has 1 fully saturated rings. The first-order chi connectivity index (χ1) is 9.56. The molecule has 0 aromatic heterocycles. The lowest BCUT2D eigenvalue weighted by Crippen LogP contribution is -2.51. The second-order valence-corrected chi connectivity index (χ2v) is 5.49. The lowest BCUT2D eigenvalue weighted by atomic mass is 9.90. The Morgan fingerprint density at radius 2 is 2.35 bits per heavy atom. The first-order valence-electron chi connectivity index (χ1n) is 6.76. The van der Waals surface area contributed by atoms with E-state index in [0.29, 0.717) is 35.7 Å². The molecule has 1 atom stereocenters. The predicted octanol–water partition coefficient (Wildman–Crippen LogP) is 3.44. The zero-order chi connectivity index (χ0) is 14.8. The van der Waals surface area contributed by atoms with E-state index in [1.807, 2.05) is 11.8 Å². The molecule has 0 bridgehead atoms. The van der Waals surface area contributed by atoms with Crippen LogP contribution in [-0.4, -0.2) is 23.2 Å². The fraction of sp³-hybridized carbons (Fsp3) is 0.467. The number of benzene rings is 1. The molecule has 106 valence electrons. The van der Waals surface area contributed by atoms with Gasteiger partial charge in [0.2, 0.25) is 0 Å². The topological polar surface area (TPSA) is 64.3 Å². The number of carboxylic acid groups (broad SMARTS) is 1. The smallest absolute Gasteiger partial charge is 0.329 e. The van der Waals surface area contributed by atoms with Crippen molar-refractivity contribution in [3.05, 3.63) is 28.8 Å². The molecule has 2 rings (SSSR count). The molecule has 1 aliphatic rings. The molecule has 5 heteroatoms. The first kappa shape index (κ1) is 14.7. The fourth-order valence-corrected chi connectivity index (χ4v) is 3.29. The van der Waals surface area contributed by atoms with Crippen LogP contribution in [0.2, 0.25) is 5.02 Å². The van der Waals surface area contributed by atoms with Gasteiger partial charge in [-0.05, 0) is 31.4 Å². The van der Waals surface area contributed by atoms with E-state index in [-0.39, 0.29) is 0 Å².